The van der Waals surface area contributed by atoms with Crippen LogP contribution in [0.5, 0.6) is 0 Å². The summed E-state index contributed by atoms with van der Waals surface area (Å²) in [6, 6.07) is 15.2. The molecule has 0 bridgehead atoms. The number of carboxylic acids is 1. The highest BCUT2D eigenvalue weighted by molar-refractivity contribution is 6.30. The number of carboxylic acid groups (broad SMARTS) is 1. The Balaban J connectivity index is 1.76. The molecule has 1 N–H and O–H groups in total. The van der Waals surface area contributed by atoms with Gasteiger partial charge in [0.1, 0.15) is 11.6 Å². The van der Waals surface area contributed by atoms with Gasteiger partial charge >= 0.3 is 5.97 Å². The van der Waals surface area contributed by atoms with E-state index in [4.69, 9.17) is 16.7 Å². The average Bonchev–Trinajstić information content (AvgIpc) is 2.86. The van der Waals surface area contributed by atoms with Crippen LogP contribution >= 0.6 is 11.6 Å². The van der Waals surface area contributed by atoms with Crippen molar-refractivity contribution in [1.82, 2.24) is 9.97 Å². The lowest BCUT2D eigenvalue weighted by Gasteiger charge is -2.13. The van der Waals surface area contributed by atoms with Crippen LogP contribution in [-0.4, -0.2) is 34.3 Å². The molecule has 0 aliphatic heterocycles. The molecule has 0 aliphatic carbocycles. The highest BCUT2D eigenvalue weighted by Crippen LogP contribution is 2.30. The predicted molar refractivity (Wildman–Crippen MR) is 137 cm³/mol. The molecular formula is C28H20ClF2N3O2. The third-order valence-corrected chi connectivity index (χ3v) is 5.67. The summed E-state index contributed by atoms with van der Waals surface area (Å²) >= 11 is 6.24. The number of aromatic carboxylic acids is 1. The molecule has 36 heavy (non-hydrogen) atoms. The summed E-state index contributed by atoms with van der Waals surface area (Å²) in [5, 5.41) is 9.48. The van der Waals surface area contributed by atoms with Crippen molar-refractivity contribution in [1.29, 1.82) is 0 Å². The zero-order valence-corrected chi connectivity index (χ0v) is 19.9. The van der Waals surface area contributed by atoms with Crippen molar-refractivity contribution in [2.24, 2.45) is 4.99 Å². The quantitative estimate of drug-likeness (QED) is 0.289. The molecule has 180 valence electrons. The number of aliphatic imine (C=N–C) groups is 1. The number of halogens is 3. The third kappa shape index (κ3) is 5.70. The molecule has 4 aromatic rings. The van der Waals surface area contributed by atoms with Crippen LogP contribution in [0.3, 0.4) is 0 Å². The molecular weight excluding hydrogens is 484 g/mol. The van der Waals surface area contributed by atoms with Gasteiger partial charge in [0.05, 0.1) is 11.3 Å². The molecule has 0 amide bonds. The maximum Gasteiger partial charge on any atom is 0.335 e. The van der Waals surface area contributed by atoms with Gasteiger partial charge in [0.25, 0.3) is 0 Å². The number of benzene rings is 3. The van der Waals surface area contributed by atoms with E-state index in [1.165, 1.54) is 30.3 Å². The van der Waals surface area contributed by atoms with E-state index in [9.17, 15) is 13.6 Å². The van der Waals surface area contributed by atoms with Crippen LogP contribution in [0.1, 0.15) is 38.4 Å². The van der Waals surface area contributed by atoms with Crippen molar-refractivity contribution < 1.29 is 18.7 Å². The fraction of sp³-hybridized carbons (Fsp3) is 0.0714. The Morgan fingerprint density at radius 3 is 2.44 bits per heavy atom. The van der Waals surface area contributed by atoms with Crippen molar-refractivity contribution in [2.45, 2.75) is 6.42 Å². The van der Waals surface area contributed by atoms with E-state index in [-0.39, 0.29) is 17.5 Å². The minimum Gasteiger partial charge on any atom is -0.478 e. The number of hydrogen-bond acceptors (Lipinski definition) is 4. The van der Waals surface area contributed by atoms with Gasteiger partial charge in [-0.05, 0) is 53.6 Å². The first kappa shape index (κ1) is 24.9. The van der Waals surface area contributed by atoms with Crippen molar-refractivity contribution in [3.63, 3.8) is 0 Å². The molecule has 4 rings (SSSR count). The highest BCUT2D eigenvalue weighted by atomic mass is 35.5. The summed E-state index contributed by atoms with van der Waals surface area (Å²) in [6.45, 7) is 0. The topological polar surface area (TPSA) is 75.4 Å². The van der Waals surface area contributed by atoms with Gasteiger partial charge in [-0.2, -0.15) is 0 Å². The van der Waals surface area contributed by atoms with Crippen molar-refractivity contribution in [3.05, 3.63) is 117 Å². The Morgan fingerprint density at radius 2 is 1.78 bits per heavy atom. The summed E-state index contributed by atoms with van der Waals surface area (Å²) in [6.07, 6.45) is 6.65. The number of nitrogens with zero attached hydrogens (tertiary/aromatic N) is 3. The van der Waals surface area contributed by atoms with Gasteiger partial charge in [0.15, 0.2) is 5.82 Å². The van der Waals surface area contributed by atoms with Crippen LogP contribution in [0.4, 0.5) is 8.78 Å². The number of hydrogen-bond donors (Lipinski definition) is 1. The van der Waals surface area contributed by atoms with E-state index >= 15 is 0 Å². The zero-order chi connectivity index (χ0) is 25.7. The molecule has 5 nitrogen and oxygen atoms in total. The summed E-state index contributed by atoms with van der Waals surface area (Å²) in [4.78, 5) is 24.2. The first-order valence-electron chi connectivity index (χ1n) is 10.9. The molecule has 1 heterocycles. The normalized spacial score (nSPS) is 11.4. The Morgan fingerprint density at radius 1 is 1.06 bits per heavy atom. The SMILES string of the molecule is C/N=C\c1cnc(/C=C\c2ccc(C(=O)O)cc2)nc1-c1ccc(Cl)cc1Cc1c(F)cccc1F. The number of rotatable bonds is 7. The molecule has 1 aromatic heterocycles. The van der Waals surface area contributed by atoms with Crippen molar-refractivity contribution in [2.75, 3.05) is 7.05 Å². The van der Waals surface area contributed by atoms with E-state index in [1.807, 2.05) is 0 Å². The summed E-state index contributed by atoms with van der Waals surface area (Å²) in [5.41, 5.74) is 3.28. The standard InChI is InChI=1S/C28H20ClF2N3O2/c1-32-15-20-16-33-26(12-7-17-5-8-18(9-6-17)28(35)36)34-27(20)22-11-10-21(29)13-19(22)14-23-24(30)3-2-4-25(23)31/h2-13,15-16H,14H2,1H3,(H,35,36)/b12-7-,32-15-. The predicted octanol–water partition coefficient (Wildman–Crippen LogP) is 6.58. The van der Waals surface area contributed by atoms with E-state index in [0.29, 0.717) is 33.2 Å². The maximum atomic E-state index is 14.4. The molecule has 3 aromatic carbocycles. The second-order valence-corrected chi connectivity index (χ2v) is 8.29. The molecule has 0 radical (unpaired) electrons. The highest BCUT2D eigenvalue weighted by Gasteiger charge is 2.16. The van der Waals surface area contributed by atoms with Crippen LogP contribution in [0.25, 0.3) is 23.4 Å². The zero-order valence-electron chi connectivity index (χ0n) is 19.1. The van der Waals surface area contributed by atoms with Crippen LogP contribution in [0.15, 0.2) is 71.9 Å². The van der Waals surface area contributed by atoms with E-state index in [1.54, 1.807) is 61.9 Å². The van der Waals surface area contributed by atoms with Gasteiger partial charge < -0.3 is 5.11 Å². The molecule has 0 unspecified atom stereocenters. The van der Waals surface area contributed by atoms with Crippen LogP contribution in [0.2, 0.25) is 5.02 Å². The Hall–Kier alpha value is -4.23. The minimum atomic E-state index is -0.999. The van der Waals surface area contributed by atoms with E-state index < -0.39 is 17.6 Å². The Labute approximate surface area is 211 Å². The molecule has 0 spiro atoms. The van der Waals surface area contributed by atoms with Gasteiger partial charge in [-0.3, -0.25) is 4.99 Å². The van der Waals surface area contributed by atoms with Gasteiger partial charge in [-0.15, -0.1) is 0 Å². The molecule has 0 fully saturated rings. The molecule has 0 aliphatic rings. The monoisotopic (exact) mass is 503 g/mol. The van der Waals surface area contributed by atoms with Crippen LogP contribution in [-0.2, 0) is 6.42 Å². The fourth-order valence-electron chi connectivity index (χ4n) is 3.67. The number of carbonyl (C=O) groups is 1. The van der Waals surface area contributed by atoms with E-state index in [0.717, 1.165) is 5.56 Å². The van der Waals surface area contributed by atoms with Crippen molar-refractivity contribution >= 4 is 35.9 Å². The first-order valence-corrected chi connectivity index (χ1v) is 11.3. The molecule has 0 saturated heterocycles. The molecule has 0 atom stereocenters. The Bertz CT molecular complexity index is 1460. The lowest BCUT2D eigenvalue weighted by molar-refractivity contribution is 0.0697. The number of aromatic nitrogens is 2. The Kier molecular flexibility index (Phi) is 7.61. The molecule has 0 saturated carbocycles. The average molecular weight is 504 g/mol. The van der Waals surface area contributed by atoms with Gasteiger partial charge in [-0.1, -0.05) is 41.9 Å². The van der Waals surface area contributed by atoms with Gasteiger partial charge in [-0.25, -0.2) is 23.5 Å². The fourth-order valence-corrected chi connectivity index (χ4v) is 3.87. The summed E-state index contributed by atoms with van der Waals surface area (Å²) < 4.78 is 28.8. The second kappa shape index (κ2) is 11.0. The maximum absolute atomic E-state index is 14.4. The molecule has 8 heteroatoms. The van der Waals surface area contributed by atoms with E-state index in [2.05, 4.69) is 15.0 Å². The smallest absolute Gasteiger partial charge is 0.335 e. The van der Waals surface area contributed by atoms with Crippen molar-refractivity contribution in [3.8, 4) is 11.3 Å². The first-order chi connectivity index (χ1) is 17.4. The second-order valence-electron chi connectivity index (χ2n) is 7.86. The summed E-state index contributed by atoms with van der Waals surface area (Å²) in [7, 11) is 1.62. The van der Waals surface area contributed by atoms with Crippen LogP contribution in [0, 0.1) is 11.6 Å². The minimum absolute atomic E-state index is 0.0256. The lowest BCUT2D eigenvalue weighted by atomic mass is 9.95. The largest absolute Gasteiger partial charge is 0.478 e. The van der Waals surface area contributed by atoms with Crippen LogP contribution < -0.4 is 0 Å². The van der Waals surface area contributed by atoms with Gasteiger partial charge in [0, 0.05) is 47.6 Å². The third-order valence-electron chi connectivity index (χ3n) is 5.44. The summed E-state index contributed by atoms with van der Waals surface area (Å²) in [5.74, 6) is -1.90. The lowest BCUT2D eigenvalue weighted by Crippen LogP contribution is -2.03. The van der Waals surface area contributed by atoms with Gasteiger partial charge in [0.2, 0.25) is 0 Å².